The predicted octanol–water partition coefficient (Wildman–Crippen LogP) is 3.67. The van der Waals surface area contributed by atoms with Crippen LogP contribution in [-0.4, -0.2) is 62.8 Å². The summed E-state index contributed by atoms with van der Waals surface area (Å²) < 4.78 is 80.7. The first-order valence-corrected chi connectivity index (χ1v) is 15.7. The van der Waals surface area contributed by atoms with Crippen molar-refractivity contribution in [2.75, 3.05) is 34.6 Å². The first kappa shape index (κ1) is 32.4. The lowest BCUT2D eigenvalue weighted by Crippen LogP contribution is -2.40. The van der Waals surface area contributed by atoms with Crippen LogP contribution in [0.25, 0.3) is 0 Å². The number of benzene rings is 1. The highest BCUT2D eigenvalue weighted by Gasteiger charge is 2.34. The van der Waals surface area contributed by atoms with Crippen molar-refractivity contribution in [3.8, 4) is 0 Å². The van der Waals surface area contributed by atoms with Crippen LogP contribution in [0.1, 0.15) is 57.8 Å². The van der Waals surface area contributed by atoms with Crippen LogP contribution in [-0.2, 0) is 20.0 Å². The number of rotatable bonds is 9. The van der Waals surface area contributed by atoms with Gasteiger partial charge in [-0.25, -0.2) is 26.5 Å². The Hall–Kier alpha value is -3.14. The average Bonchev–Trinajstić information content (AvgIpc) is 2.87. The van der Waals surface area contributed by atoms with Gasteiger partial charge in [0.2, 0.25) is 20.0 Å². The van der Waals surface area contributed by atoms with Gasteiger partial charge in [-0.15, -0.1) is 0 Å². The summed E-state index contributed by atoms with van der Waals surface area (Å²) in [6.07, 6.45) is -1.70. The van der Waals surface area contributed by atoms with Crippen molar-refractivity contribution in [2.45, 2.75) is 62.6 Å². The van der Waals surface area contributed by atoms with E-state index in [1.165, 1.54) is 50.2 Å². The number of sulfonamides is 2. The number of carbonyl (C=O) groups is 1. The number of anilines is 3. The van der Waals surface area contributed by atoms with Crippen LogP contribution in [0.3, 0.4) is 0 Å². The average molecular weight is 616 g/mol. The highest BCUT2D eigenvalue weighted by atomic mass is 32.2. The van der Waals surface area contributed by atoms with Crippen LogP contribution in [0, 0.1) is 0 Å². The molecule has 1 aromatic heterocycles. The van der Waals surface area contributed by atoms with Gasteiger partial charge in [-0.3, -0.25) is 9.52 Å². The van der Waals surface area contributed by atoms with E-state index in [4.69, 9.17) is 0 Å². The Morgan fingerprint density at radius 1 is 1.02 bits per heavy atom. The monoisotopic (exact) mass is 615 g/mol. The second kappa shape index (κ2) is 12.0. The summed E-state index contributed by atoms with van der Waals surface area (Å²) in [5.41, 5.74) is -0.544. The van der Waals surface area contributed by atoms with Gasteiger partial charge < -0.3 is 15.3 Å². The van der Waals surface area contributed by atoms with E-state index in [1.807, 2.05) is 0 Å². The minimum Gasteiger partial charge on any atom is -0.395 e. The number of pyridine rings is 1. The zero-order valence-corrected chi connectivity index (χ0v) is 25.1. The van der Waals surface area contributed by atoms with Crippen LogP contribution in [0.5, 0.6) is 0 Å². The van der Waals surface area contributed by atoms with Crippen molar-refractivity contribution < 1.29 is 35.5 Å². The number of carbonyl (C=O) groups excluding carboxylic acids is 1. The van der Waals surface area contributed by atoms with Crippen LogP contribution in [0.15, 0.2) is 52.9 Å². The SMILES string of the molecule is CC(C)(C)NS(=O)(=O)c1cccc(NC(=O)c2ccc(NS(=O)(=O)C(C)(C)CO)nc2N2CCC(=C(F)F)CC2)c1. The van der Waals surface area contributed by atoms with E-state index in [0.29, 0.717) is 0 Å². The van der Waals surface area contributed by atoms with E-state index in [-0.39, 0.29) is 59.3 Å². The molecule has 0 spiro atoms. The number of nitrogens with one attached hydrogen (secondary N) is 3. The number of hydrogen-bond donors (Lipinski definition) is 4. The van der Waals surface area contributed by atoms with E-state index < -0.39 is 48.9 Å². The van der Waals surface area contributed by atoms with Gasteiger partial charge in [-0.05, 0) is 83.4 Å². The normalized spacial score (nSPS) is 15.0. The van der Waals surface area contributed by atoms with Crippen LogP contribution in [0.4, 0.5) is 26.1 Å². The summed E-state index contributed by atoms with van der Waals surface area (Å²) in [7, 11) is -7.98. The maximum absolute atomic E-state index is 13.4. The molecule has 11 nitrogen and oxygen atoms in total. The van der Waals surface area contributed by atoms with Crippen LogP contribution < -0.4 is 19.7 Å². The first-order chi connectivity index (χ1) is 18.8. The smallest absolute Gasteiger partial charge is 0.269 e. The van der Waals surface area contributed by atoms with Crippen LogP contribution >= 0.6 is 0 Å². The Labute approximate surface area is 239 Å². The fraction of sp³-hybridized carbons (Fsp3) is 0.462. The molecule has 3 rings (SSSR count). The Morgan fingerprint density at radius 2 is 1.66 bits per heavy atom. The van der Waals surface area contributed by atoms with Crippen LogP contribution in [0.2, 0.25) is 0 Å². The maximum Gasteiger partial charge on any atom is 0.269 e. The Morgan fingerprint density at radius 3 is 2.22 bits per heavy atom. The second-order valence-corrected chi connectivity index (χ2v) is 15.3. The summed E-state index contributed by atoms with van der Waals surface area (Å²) in [6.45, 7) is 7.28. The third-order valence-electron chi connectivity index (χ3n) is 6.24. The predicted molar refractivity (Wildman–Crippen MR) is 153 cm³/mol. The van der Waals surface area contributed by atoms with E-state index in [9.17, 15) is 35.5 Å². The van der Waals surface area contributed by atoms with Gasteiger partial charge in [0, 0.05) is 24.3 Å². The fourth-order valence-corrected chi connectivity index (χ4v) is 6.16. The molecule has 41 heavy (non-hydrogen) atoms. The molecule has 4 N–H and O–H groups in total. The van der Waals surface area contributed by atoms with Crippen molar-refractivity contribution in [3.63, 3.8) is 0 Å². The van der Waals surface area contributed by atoms with Gasteiger partial charge in [-0.2, -0.15) is 8.78 Å². The Bertz CT molecular complexity index is 1540. The molecule has 226 valence electrons. The molecule has 0 unspecified atom stereocenters. The molecule has 1 aliphatic rings. The number of aliphatic hydroxyl groups is 1. The van der Waals surface area contributed by atoms with E-state index in [0.717, 1.165) is 0 Å². The first-order valence-electron chi connectivity index (χ1n) is 12.7. The number of aliphatic hydroxyl groups excluding tert-OH is 1. The lowest BCUT2D eigenvalue weighted by atomic mass is 10.0. The highest BCUT2D eigenvalue weighted by Crippen LogP contribution is 2.30. The largest absolute Gasteiger partial charge is 0.395 e. The van der Waals surface area contributed by atoms with Gasteiger partial charge in [0.15, 0.2) is 0 Å². The summed E-state index contributed by atoms with van der Waals surface area (Å²) in [5, 5.41) is 12.2. The molecule has 1 fully saturated rings. The quantitative estimate of drug-likeness (QED) is 0.333. The summed E-state index contributed by atoms with van der Waals surface area (Å²) in [4.78, 5) is 19.3. The van der Waals surface area contributed by atoms with E-state index in [1.54, 1.807) is 25.7 Å². The lowest BCUT2D eigenvalue weighted by Gasteiger charge is -2.31. The topological polar surface area (TPSA) is 158 Å². The summed E-state index contributed by atoms with van der Waals surface area (Å²) >= 11 is 0. The number of halogens is 2. The Balaban J connectivity index is 1.97. The Kier molecular flexibility index (Phi) is 9.47. The molecule has 1 aromatic carbocycles. The molecule has 2 heterocycles. The standard InChI is InChI=1S/C26H35F2N5O6S2/c1-25(2,3)32-40(36,37)19-8-6-7-18(15-19)29-24(35)20-9-10-21(31-41(38,39)26(4,5)16-34)30-23(20)33-13-11-17(12-14-33)22(27)28/h6-10,15,32,34H,11-14,16H2,1-5H3,(H,29,35)(H,30,31). The van der Waals surface area contributed by atoms with Gasteiger partial charge in [-0.1, -0.05) is 6.07 Å². The van der Waals surface area contributed by atoms with Crippen molar-refractivity contribution >= 4 is 43.3 Å². The van der Waals surface area contributed by atoms with E-state index in [2.05, 4.69) is 19.7 Å². The van der Waals surface area contributed by atoms with Gasteiger partial charge in [0.05, 0.1) is 17.1 Å². The number of piperidine rings is 1. The molecule has 15 heteroatoms. The third-order valence-corrected chi connectivity index (χ3v) is 10.1. The minimum atomic E-state index is -4.10. The second-order valence-electron chi connectivity index (χ2n) is 11.3. The number of nitrogens with zero attached hydrogens (tertiary/aromatic N) is 2. The minimum absolute atomic E-state index is 0.00399. The lowest BCUT2D eigenvalue weighted by molar-refractivity contribution is 0.102. The summed E-state index contributed by atoms with van der Waals surface area (Å²) in [5.74, 6) is -0.743. The highest BCUT2D eigenvalue weighted by molar-refractivity contribution is 7.94. The third kappa shape index (κ3) is 7.99. The van der Waals surface area contributed by atoms with Gasteiger partial charge in [0.25, 0.3) is 12.0 Å². The molecular weight excluding hydrogens is 580 g/mol. The molecule has 0 atom stereocenters. The van der Waals surface area contributed by atoms with E-state index >= 15 is 0 Å². The number of aromatic nitrogens is 1. The number of hydrogen-bond acceptors (Lipinski definition) is 8. The molecule has 0 radical (unpaired) electrons. The fourth-order valence-electron chi connectivity index (χ4n) is 3.86. The van der Waals surface area contributed by atoms with Gasteiger partial charge >= 0.3 is 0 Å². The molecular formula is C26H35F2N5O6S2. The zero-order chi connectivity index (χ0) is 30.8. The summed E-state index contributed by atoms with van der Waals surface area (Å²) in [6, 6.07) is 8.26. The molecule has 1 aliphatic heterocycles. The maximum atomic E-state index is 13.4. The molecule has 1 saturated heterocycles. The molecule has 2 aromatic rings. The van der Waals surface area contributed by atoms with Gasteiger partial charge in [0.1, 0.15) is 16.4 Å². The number of amides is 1. The molecule has 0 bridgehead atoms. The van der Waals surface area contributed by atoms with Crippen molar-refractivity contribution in [3.05, 3.63) is 53.6 Å². The van der Waals surface area contributed by atoms with Crippen molar-refractivity contribution in [1.29, 1.82) is 0 Å². The molecule has 1 amide bonds. The molecule has 0 saturated carbocycles. The van der Waals surface area contributed by atoms with Crippen molar-refractivity contribution in [1.82, 2.24) is 9.71 Å². The van der Waals surface area contributed by atoms with Crippen molar-refractivity contribution in [2.24, 2.45) is 0 Å². The molecule has 0 aliphatic carbocycles. The zero-order valence-electron chi connectivity index (χ0n) is 23.5.